The number of rotatable bonds is 6. The fourth-order valence-corrected chi connectivity index (χ4v) is 3.46. The number of aliphatic hydroxyl groups excluding tert-OH is 1. The summed E-state index contributed by atoms with van der Waals surface area (Å²) in [5, 5.41) is 13.0. The van der Waals surface area contributed by atoms with Gasteiger partial charge in [0.15, 0.2) is 0 Å². The fourth-order valence-electron chi connectivity index (χ4n) is 2.64. The number of benzene rings is 1. The second kappa shape index (κ2) is 6.78. The molecule has 5 nitrogen and oxygen atoms in total. The van der Waals surface area contributed by atoms with E-state index < -0.39 is 6.10 Å². The molecular formula is C17H21N3O2S. The van der Waals surface area contributed by atoms with Gasteiger partial charge in [0, 0.05) is 12.0 Å². The Labute approximate surface area is 139 Å². The van der Waals surface area contributed by atoms with E-state index in [0.717, 1.165) is 21.7 Å². The first-order valence-electron chi connectivity index (χ1n) is 7.79. The van der Waals surface area contributed by atoms with E-state index in [1.807, 2.05) is 48.1 Å². The Morgan fingerprint density at radius 2 is 2.04 bits per heavy atom. The molecule has 23 heavy (non-hydrogen) atoms. The molecule has 2 heterocycles. The van der Waals surface area contributed by atoms with Gasteiger partial charge in [-0.15, -0.1) is 11.3 Å². The maximum Gasteiger partial charge on any atom is 0.138 e. The van der Waals surface area contributed by atoms with Crippen molar-refractivity contribution < 1.29 is 9.84 Å². The van der Waals surface area contributed by atoms with Gasteiger partial charge in [-0.25, -0.2) is 9.97 Å². The van der Waals surface area contributed by atoms with Crippen LogP contribution in [0.4, 0.5) is 0 Å². The van der Waals surface area contributed by atoms with Gasteiger partial charge < -0.3 is 14.4 Å². The predicted octanol–water partition coefficient (Wildman–Crippen LogP) is 3.69. The molecule has 1 aromatic carbocycles. The number of ether oxygens (including phenoxy) is 1. The highest BCUT2D eigenvalue weighted by Gasteiger charge is 2.17. The largest absolute Gasteiger partial charge is 0.385 e. The normalized spacial score (nSPS) is 14.3. The van der Waals surface area contributed by atoms with E-state index in [0.29, 0.717) is 19.0 Å². The monoisotopic (exact) mass is 331 g/mol. The molecule has 2 atom stereocenters. The van der Waals surface area contributed by atoms with Crippen molar-refractivity contribution in [1.82, 2.24) is 14.5 Å². The summed E-state index contributed by atoms with van der Waals surface area (Å²) in [6.07, 6.45) is -0.614. The minimum absolute atomic E-state index is 0.00881. The number of aliphatic hydroxyl groups is 1. The number of fused-ring (bicyclic) bond motifs is 1. The third kappa shape index (κ3) is 3.29. The lowest BCUT2D eigenvalue weighted by molar-refractivity contribution is 0.0761. The number of para-hydroxylation sites is 2. The zero-order valence-electron chi connectivity index (χ0n) is 13.6. The van der Waals surface area contributed by atoms with E-state index in [1.165, 1.54) is 0 Å². The second-order valence-corrected chi connectivity index (χ2v) is 6.39. The molecule has 0 aliphatic rings. The smallest absolute Gasteiger partial charge is 0.138 e. The van der Waals surface area contributed by atoms with E-state index in [4.69, 9.17) is 4.74 Å². The van der Waals surface area contributed by atoms with Gasteiger partial charge in [0.2, 0.25) is 0 Å². The van der Waals surface area contributed by atoms with Crippen LogP contribution >= 0.6 is 11.3 Å². The van der Waals surface area contributed by atoms with Gasteiger partial charge in [0.1, 0.15) is 23.0 Å². The number of imidazole rings is 1. The Balaban J connectivity index is 1.93. The van der Waals surface area contributed by atoms with E-state index >= 15 is 0 Å². The van der Waals surface area contributed by atoms with Gasteiger partial charge in [0.05, 0.1) is 23.3 Å². The summed E-state index contributed by atoms with van der Waals surface area (Å²) in [7, 11) is 0. The Kier molecular flexibility index (Phi) is 4.75. The Morgan fingerprint density at radius 1 is 1.26 bits per heavy atom. The number of aromatic nitrogens is 3. The van der Waals surface area contributed by atoms with Crippen molar-refractivity contribution in [2.45, 2.75) is 39.5 Å². The van der Waals surface area contributed by atoms with Gasteiger partial charge in [0.25, 0.3) is 0 Å². The van der Waals surface area contributed by atoms with Crippen molar-refractivity contribution in [3.63, 3.8) is 0 Å². The Hall–Kier alpha value is -1.76. The van der Waals surface area contributed by atoms with Crippen molar-refractivity contribution in [1.29, 1.82) is 0 Å². The summed E-state index contributed by atoms with van der Waals surface area (Å²) in [5.74, 6) is 0.665. The summed E-state index contributed by atoms with van der Waals surface area (Å²) >= 11 is 1.61. The molecule has 0 saturated heterocycles. The lowest BCUT2D eigenvalue weighted by Crippen LogP contribution is -2.08. The van der Waals surface area contributed by atoms with Crippen molar-refractivity contribution in [3.05, 3.63) is 46.2 Å². The van der Waals surface area contributed by atoms with Crippen LogP contribution in [0.5, 0.6) is 0 Å². The van der Waals surface area contributed by atoms with Crippen LogP contribution in [0.3, 0.4) is 0 Å². The molecular weight excluding hydrogens is 310 g/mol. The van der Waals surface area contributed by atoms with Crippen LogP contribution in [0, 0.1) is 0 Å². The molecule has 0 spiro atoms. The quantitative estimate of drug-likeness (QED) is 0.748. The molecule has 0 saturated carbocycles. The molecule has 0 aliphatic carbocycles. The first-order chi connectivity index (χ1) is 11.1. The first kappa shape index (κ1) is 16.1. The highest BCUT2D eigenvalue weighted by atomic mass is 32.1. The van der Waals surface area contributed by atoms with E-state index in [9.17, 15) is 5.11 Å². The van der Waals surface area contributed by atoms with Crippen LogP contribution in [0.1, 0.15) is 49.5 Å². The standard InChI is InChI=1S/C17H21N3O2S/c1-4-22-12(3)17-18-13(10-23-17)9-20-15-8-6-5-7-14(15)19-16(20)11(2)21/h5-8,10-12,21H,4,9H2,1-3H3. The fraction of sp³-hybridized carbons (Fsp3) is 0.412. The average Bonchev–Trinajstić information content (AvgIpc) is 3.13. The van der Waals surface area contributed by atoms with Crippen molar-refractivity contribution in [3.8, 4) is 0 Å². The summed E-state index contributed by atoms with van der Waals surface area (Å²) in [5.41, 5.74) is 2.86. The van der Waals surface area contributed by atoms with Gasteiger partial charge in [-0.3, -0.25) is 0 Å². The van der Waals surface area contributed by atoms with Crippen LogP contribution in [0.25, 0.3) is 11.0 Å². The second-order valence-electron chi connectivity index (χ2n) is 5.50. The number of hydrogen-bond donors (Lipinski definition) is 1. The summed E-state index contributed by atoms with van der Waals surface area (Å²) in [6.45, 7) is 7.00. The molecule has 0 radical (unpaired) electrons. The van der Waals surface area contributed by atoms with Crippen LogP contribution < -0.4 is 0 Å². The highest BCUT2D eigenvalue weighted by Crippen LogP contribution is 2.25. The lowest BCUT2D eigenvalue weighted by atomic mass is 10.3. The maximum absolute atomic E-state index is 10.0. The molecule has 2 unspecified atom stereocenters. The first-order valence-corrected chi connectivity index (χ1v) is 8.67. The highest BCUT2D eigenvalue weighted by molar-refractivity contribution is 7.09. The van der Waals surface area contributed by atoms with Crippen molar-refractivity contribution >= 4 is 22.4 Å². The molecule has 1 N–H and O–H groups in total. The maximum atomic E-state index is 10.0. The van der Waals surface area contributed by atoms with Gasteiger partial charge in [-0.05, 0) is 32.9 Å². The van der Waals surface area contributed by atoms with Gasteiger partial charge in [-0.2, -0.15) is 0 Å². The van der Waals surface area contributed by atoms with Crippen LogP contribution in [-0.2, 0) is 11.3 Å². The van der Waals surface area contributed by atoms with Crippen LogP contribution in [0.2, 0.25) is 0 Å². The summed E-state index contributed by atoms with van der Waals surface area (Å²) in [4.78, 5) is 9.22. The van der Waals surface area contributed by atoms with Gasteiger partial charge >= 0.3 is 0 Å². The SMILES string of the molecule is CCOC(C)c1nc(Cn2c(C(C)O)nc3ccccc32)cs1. The van der Waals surface area contributed by atoms with Crippen molar-refractivity contribution in [2.75, 3.05) is 6.61 Å². The molecule has 2 aromatic heterocycles. The molecule has 3 aromatic rings. The molecule has 0 amide bonds. The minimum atomic E-state index is -0.622. The Morgan fingerprint density at radius 3 is 2.78 bits per heavy atom. The van der Waals surface area contributed by atoms with E-state index in [-0.39, 0.29) is 6.10 Å². The molecule has 6 heteroatoms. The molecule has 0 aliphatic heterocycles. The number of thiazole rings is 1. The zero-order chi connectivity index (χ0) is 16.4. The third-order valence-corrected chi connectivity index (χ3v) is 4.77. The predicted molar refractivity (Wildman–Crippen MR) is 91.6 cm³/mol. The van der Waals surface area contributed by atoms with Crippen LogP contribution in [-0.4, -0.2) is 26.2 Å². The minimum Gasteiger partial charge on any atom is -0.385 e. The van der Waals surface area contributed by atoms with E-state index in [2.05, 4.69) is 9.97 Å². The van der Waals surface area contributed by atoms with E-state index in [1.54, 1.807) is 18.3 Å². The molecule has 0 fully saturated rings. The molecule has 0 bridgehead atoms. The summed E-state index contributed by atoms with van der Waals surface area (Å²) in [6, 6.07) is 7.91. The van der Waals surface area contributed by atoms with Crippen molar-refractivity contribution in [2.24, 2.45) is 0 Å². The zero-order valence-corrected chi connectivity index (χ0v) is 14.4. The third-order valence-electron chi connectivity index (χ3n) is 3.71. The molecule has 122 valence electrons. The topological polar surface area (TPSA) is 60.2 Å². The molecule has 3 rings (SSSR count). The van der Waals surface area contributed by atoms with Crippen LogP contribution in [0.15, 0.2) is 29.6 Å². The average molecular weight is 331 g/mol. The number of nitrogens with zero attached hydrogens (tertiary/aromatic N) is 3. The van der Waals surface area contributed by atoms with Gasteiger partial charge in [-0.1, -0.05) is 12.1 Å². The Bertz CT molecular complexity index is 794. The number of hydrogen-bond acceptors (Lipinski definition) is 5. The lowest BCUT2D eigenvalue weighted by Gasteiger charge is -2.10. The summed E-state index contributed by atoms with van der Waals surface area (Å²) < 4.78 is 7.63.